The lowest BCUT2D eigenvalue weighted by molar-refractivity contribution is 0.0754. The molecule has 0 aromatic heterocycles. The van der Waals surface area contributed by atoms with Gasteiger partial charge in [-0.2, -0.15) is 0 Å². The zero-order valence-corrected chi connectivity index (χ0v) is 6.86. The Hall–Kier alpha value is -0.160. The second-order valence-corrected chi connectivity index (χ2v) is 2.63. The van der Waals surface area contributed by atoms with Gasteiger partial charge in [0.15, 0.2) is 0 Å². The maximum absolute atomic E-state index is 10.1. The predicted octanol–water partition coefficient (Wildman–Crippen LogP) is -0.908. The molecule has 0 spiro atoms. The molecule has 0 aliphatic carbocycles. The first-order chi connectivity index (χ1) is 5.20. The average Bonchev–Trinajstić information content (AvgIpc) is 2.01. The maximum atomic E-state index is 10.1. The van der Waals surface area contributed by atoms with Gasteiger partial charge < -0.3 is 15.1 Å². The summed E-state index contributed by atoms with van der Waals surface area (Å²) in [7, 11) is 1.82. The van der Waals surface area contributed by atoms with Crippen LogP contribution in [0.2, 0.25) is 0 Å². The van der Waals surface area contributed by atoms with Crippen molar-refractivity contribution in [2.75, 3.05) is 33.4 Å². The van der Waals surface area contributed by atoms with Gasteiger partial charge in [-0.05, 0) is 13.5 Å². The maximum Gasteiger partial charge on any atom is 0.0949 e. The topological polar surface area (TPSA) is 63.6 Å². The van der Waals surface area contributed by atoms with Crippen LogP contribution < -0.4 is 0 Å². The molecule has 1 radical (unpaired) electrons. The van der Waals surface area contributed by atoms with Crippen molar-refractivity contribution in [2.24, 2.45) is 0 Å². The Morgan fingerprint density at radius 1 is 1.45 bits per heavy atom. The van der Waals surface area contributed by atoms with E-state index < -0.39 is 6.10 Å². The van der Waals surface area contributed by atoms with Gasteiger partial charge in [-0.3, -0.25) is 0 Å². The van der Waals surface area contributed by atoms with Crippen molar-refractivity contribution in [2.45, 2.75) is 12.5 Å². The molecular weight excluding hydrogens is 146 g/mol. The molecule has 1 atom stereocenters. The molecule has 0 saturated heterocycles. The Morgan fingerprint density at radius 2 is 2.09 bits per heavy atom. The highest BCUT2D eigenvalue weighted by Crippen LogP contribution is 1.92. The molecular formula is C7H16NO3. The highest BCUT2D eigenvalue weighted by molar-refractivity contribution is 4.57. The van der Waals surface area contributed by atoms with E-state index in [-0.39, 0.29) is 13.2 Å². The average molecular weight is 162 g/mol. The molecule has 2 N–H and O–H groups in total. The Kier molecular flexibility index (Phi) is 6.45. The number of aliphatic hydroxyl groups is 2. The number of likely N-dealkylation sites (N-methyl/N-ethyl adjacent to an activating group) is 1. The molecule has 0 unspecified atom stereocenters. The number of rotatable bonds is 6. The summed E-state index contributed by atoms with van der Waals surface area (Å²) in [5.74, 6) is 0. The number of hydrogen-bond acceptors (Lipinski definition) is 3. The Bertz CT molecular complexity index is 89.8. The van der Waals surface area contributed by atoms with Crippen LogP contribution in [-0.4, -0.2) is 54.6 Å². The SMILES string of the molecule is CN(CC[O])CC[C@@H](O)CO. The fraction of sp³-hybridized carbons (Fsp3) is 1.00. The molecule has 0 heterocycles. The zero-order valence-electron chi connectivity index (χ0n) is 6.86. The van der Waals surface area contributed by atoms with E-state index in [2.05, 4.69) is 0 Å². The molecule has 0 amide bonds. The molecule has 67 valence electrons. The van der Waals surface area contributed by atoms with E-state index in [1.807, 2.05) is 11.9 Å². The standard InChI is InChI=1S/C7H16NO3/c1-8(4-5-9)3-2-7(11)6-10/h7,10-11H,2-6H2,1H3/t7-/m1/s1. The smallest absolute Gasteiger partial charge is 0.0949 e. The summed E-state index contributed by atoms with van der Waals surface area (Å²) in [6, 6.07) is 0. The van der Waals surface area contributed by atoms with E-state index in [0.29, 0.717) is 19.5 Å². The Morgan fingerprint density at radius 3 is 2.55 bits per heavy atom. The van der Waals surface area contributed by atoms with Gasteiger partial charge >= 0.3 is 0 Å². The van der Waals surface area contributed by atoms with Gasteiger partial charge in [0, 0.05) is 13.1 Å². The van der Waals surface area contributed by atoms with Crippen LogP contribution in [0.1, 0.15) is 6.42 Å². The van der Waals surface area contributed by atoms with Crippen LogP contribution in [0, 0.1) is 0 Å². The van der Waals surface area contributed by atoms with Crippen LogP contribution in [0.5, 0.6) is 0 Å². The van der Waals surface area contributed by atoms with Crippen LogP contribution in [0.25, 0.3) is 0 Å². The van der Waals surface area contributed by atoms with Crippen LogP contribution in [0.4, 0.5) is 0 Å². The third kappa shape index (κ3) is 6.25. The van der Waals surface area contributed by atoms with E-state index in [1.165, 1.54) is 0 Å². The summed E-state index contributed by atoms with van der Waals surface area (Å²) < 4.78 is 0. The molecule has 0 fully saturated rings. The fourth-order valence-electron chi connectivity index (χ4n) is 0.728. The third-order valence-corrected chi connectivity index (χ3v) is 1.53. The lowest BCUT2D eigenvalue weighted by Crippen LogP contribution is -2.27. The number of nitrogens with zero attached hydrogens (tertiary/aromatic N) is 1. The van der Waals surface area contributed by atoms with E-state index in [1.54, 1.807) is 0 Å². The van der Waals surface area contributed by atoms with E-state index >= 15 is 0 Å². The van der Waals surface area contributed by atoms with Gasteiger partial charge in [0.05, 0.1) is 19.3 Å². The Balaban J connectivity index is 3.22. The van der Waals surface area contributed by atoms with Crippen molar-refractivity contribution >= 4 is 0 Å². The highest BCUT2D eigenvalue weighted by atomic mass is 16.3. The quantitative estimate of drug-likeness (QED) is 0.531. The highest BCUT2D eigenvalue weighted by Gasteiger charge is 2.03. The molecule has 11 heavy (non-hydrogen) atoms. The van der Waals surface area contributed by atoms with Crippen molar-refractivity contribution < 1.29 is 15.3 Å². The summed E-state index contributed by atoms with van der Waals surface area (Å²) in [6.45, 7) is 0.832. The summed E-state index contributed by atoms with van der Waals surface area (Å²) >= 11 is 0. The lowest BCUT2D eigenvalue weighted by atomic mass is 10.2. The summed E-state index contributed by atoms with van der Waals surface area (Å²) in [5, 5.41) is 27.5. The van der Waals surface area contributed by atoms with Gasteiger partial charge in [-0.15, -0.1) is 0 Å². The van der Waals surface area contributed by atoms with Gasteiger partial charge in [-0.25, -0.2) is 5.11 Å². The number of hydrogen-bond donors (Lipinski definition) is 2. The van der Waals surface area contributed by atoms with Gasteiger partial charge in [-0.1, -0.05) is 0 Å². The number of aliphatic hydroxyl groups excluding tert-OH is 2. The molecule has 0 bridgehead atoms. The van der Waals surface area contributed by atoms with Gasteiger partial charge in [0.2, 0.25) is 0 Å². The van der Waals surface area contributed by atoms with E-state index in [9.17, 15) is 5.11 Å². The largest absolute Gasteiger partial charge is 0.394 e. The molecule has 0 aliphatic rings. The van der Waals surface area contributed by atoms with Crippen molar-refractivity contribution in [1.29, 1.82) is 0 Å². The first kappa shape index (κ1) is 10.8. The summed E-state index contributed by atoms with van der Waals surface area (Å²) in [6.07, 6.45) is -0.128. The summed E-state index contributed by atoms with van der Waals surface area (Å²) in [5.41, 5.74) is 0. The molecule has 0 rings (SSSR count). The van der Waals surface area contributed by atoms with Crippen molar-refractivity contribution in [1.82, 2.24) is 4.90 Å². The third-order valence-electron chi connectivity index (χ3n) is 1.53. The van der Waals surface area contributed by atoms with Crippen LogP contribution in [0.15, 0.2) is 0 Å². The van der Waals surface area contributed by atoms with Gasteiger partial charge in [0.25, 0.3) is 0 Å². The lowest BCUT2D eigenvalue weighted by Gasteiger charge is -2.15. The fourth-order valence-corrected chi connectivity index (χ4v) is 0.728. The normalized spacial score (nSPS) is 13.9. The molecule has 4 nitrogen and oxygen atoms in total. The first-order valence-electron chi connectivity index (χ1n) is 3.76. The minimum atomic E-state index is -0.649. The summed E-state index contributed by atoms with van der Waals surface area (Å²) in [4.78, 5) is 1.84. The molecule has 0 aliphatic heterocycles. The molecule has 4 heteroatoms. The Labute approximate surface area is 67.1 Å². The van der Waals surface area contributed by atoms with Crippen molar-refractivity contribution in [3.63, 3.8) is 0 Å². The predicted molar refractivity (Wildman–Crippen MR) is 40.8 cm³/mol. The minimum absolute atomic E-state index is 0.119. The van der Waals surface area contributed by atoms with Crippen LogP contribution in [-0.2, 0) is 5.11 Å². The van der Waals surface area contributed by atoms with Gasteiger partial charge in [0.1, 0.15) is 0 Å². The second-order valence-electron chi connectivity index (χ2n) is 2.63. The molecule has 0 saturated carbocycles. The minimum Gasteiger partial charge on any atom is -0.394 e. The molecule has 0 aromatic rings. The molecule has 0 aromatic carbocycles. The van der Waals surface area contributed by atoms with E-state index in [0.717, 1.165) is 0 Å². The van der Waals surface area contributed by atoms with Crippen molar-refractivity contribution in [3.05, 3.63) is 0 Å². The first-order valence-corrected chi connectivity index (χ1v) is 3.76. The monoisotopic (exact) mass is 162 g/mol. The van der Waals surface area contributed by atoms with E-state index in [4.69, 9.17) is 10.2 Å². The second kappa shape index (κ2) is 6.54. The van der Waals surface area contributed by atoms with Crippen molar-refractivity contribution in [3.8, 4) is 0 Å². The zero-order chi connectivity index (χ0) is 8.69. The van der Waals surface area contributed by atoms with Crippen LogP contribution >= 0.6 is 0 Å². The van der Waals surface area contributed by atoms with Crippen LogP contribution in [0.3, 0.4) is 0 Å².